The standard InChI is InChI=1S/C8H16BNO6/c10-8(7(13)14,5-6(11)12)3-1-2-4-9(15)16/h15-16H,1-5,10H2,(H,11,12)(H,13,14)/t8-/m1/s1. The number of carboxylic acid groups (broad SMARTS) is 2. The van der Waals surface area contributed by atoms with Gasteiger partial charge in [-0.2, -0.15) is 0 Å². The van der Waals surface area contributed by atoms with E-state index in [4.69, 9.17) is 26.0 Å². The van der Waals surface area contributed by atoms with Crippen LogP contribution in [-0.4, -0.2) is 44.9 Å². The maximum Gasteiger partial charge on any atom is 0.451 e. The fraction of sp³-hybridized carbons (Fsp3) is 0.750. The number of hydrogen-bond donors (Lipinski definition) is 5. The van der Waals surface area contributed by atoms with Gasteiger partial charge in [-0.25, -0.2) is 0 Å². The molecule has 0 aliphatic carbocycles. The van der Waals surface area contributed by atoms with Gasteiger partial charge in [-0.15, -0.1) is 0 Å². The lowest BCUT2D eigenvalue weighted by Gasteiger charge is -2.22. The highest BCUT2D eigenvalue weighted by Gasteiger charge is 2.35. The molecule has 0 aromatic rings. The van der Waals surface area contributed by atoms with Gasteiger partial charge >= 0.3 is 19.1 Å². The van der Waals surface area contributed by atoms with Crippen molar-refractivity contribution in [2.75, 3.05) is 0 Å². The third-order valence-electron chi connectivity index (χ3n) is 2.23. The van der Waals surface area contributed by atoms with E-state index < -0.39 is 31.0 Å². The molecule has 0 saturated heterocycles. The fourth-order valence-electron chi connectivity index (χ4n) is 1.31. The minimum atomic E-state index is -1.79. The second-order valence-electron chi connectivity index (χ2n) is 3.76. The molecule has 0 rings (SSSR count). The molecule has 0 heterocycles. The zero-order valence-corrected chi connectivity index (χ0v) is 8.80. The van der Waals surface area contributed by atoms with Crippen LogP contribution in [-0.2, 0) is 9.59 Å². The van der Waals surface area contributed by atoms with Gasteiger partial charge in [0.1, 0.15) is 5.54 Å². The first-order valence-electron chi connectivity index (χ1n) is 4.88. The van der Waals surface area contributed by atoms with Crippen molar-refractivity contribution in [3.63, 3.8) is 0 Å². The van der Waals surface area contributed by atoms with Crippen LogP contribution in [0.4, 0.5) is 0 Å². The van der Waals surface area contributed by atoms with Crippen molar-refractivity contribution < 1.29 is 29.9 Å². The summed E-state index contributed by atoms with van der Waals surface area (Å²) in [6, 6.07) is 0. The van der Waals surface area contributed by atoms with E-state index in [9.17, 15) is 9.59 Å². The van der Waals surface area contributed by atoms with Crippen molar-refractivity contribution in [2.24, 2.45) is 5.73 Å². The number of unbranched alkanes of at least 4 members (excludes halogenated alkanes) is 1. The molecule has 16 heavy (non-hydrogen) atoms. The summed E-state index contributed by atoms with van der Waals surface area (Å²) >= 11 is 0. The number of hydrogen-bond acceptors (Lipinski definition) is 5. The topological polar surface area (TPSA) is 141 Å². The molecule has 0 aliphatic heterocycles. The zero-order chi connectivity index (χ0) is 12.8. The lowest BCUT2D eigenvalue weighted by molar-refractivity contribution is -0.150. The maximum atomic E-state index is 10.8. The van der Waals surface area contributed by atoms with E-state index in [0.29, 0.717) is 12.8 Å². The number of carboxylic acids is 2. The molecule has 7 nitrogen and oxygen atoms in total. The Balaban J connectivity index is 4.13. The molecule has 0 fully saturated rings. The number of aliphatic carboxylic acids is 2. The molecule has 6 N–H and O–H groups in total. The first-order valence-corrected chi connectivity index (χ1v) is 4.88. The molecular weight excluding hydrogens is 217 g/mol. The Labute approximate surface area is 93.0 Å². The summed E-state index contributed by atoms with van der Waals surface area (Å²) in [5.41, 5.74) is 3.67. The lowest BCUT2D eigenvalue weighted by atomic mass is 9.81. The van der Waals surface area contributed by atoms with Crippen LogP contribution < -0.4 is 5.73 Å². The molecule has 92 valence electrons. The molecule has 0 unspecified atom stereocenters. The van der Waals surface area contributed by atoms with Gasteiger partial charge in [0.25, 0.3) is 0 Å². The summed E-state index contributed by atoms with van der Waals surface area (Å²) in [5, 5.41) is 34.4. The summed E-state index contributed by atoms with van der Waals surface area (Å²) in [5.74, 6) is -2.63. The van der Waals surface area contributed by atoms with Gasteiger partial charge < -0.3 is 26.0 Å². The summed E-state index contributed by atoms with van der Waals surface area (Å²) in [7, 11) is -1.43. The predicted octanol–water partition coefficient (Wildman–Crippen LogP) is -1.11. The smallest absolute Gasteiger partial charge is 0.451 e. The normalized spacial score (nSPS) is 14.2. The van der Waals surface area contributed by atoms with Crippen molar-refractivity contribution in [3.05, 3.63) is 0 Å². The van der Waals surface area contributed by atoms with Crippen LogP contribution in [0.3, 0.4) is 0 Å². The SMILES string of the molecule is N[C@](CCCCB(O)O)(CC(=O)O)C(=O)O. The fourth-order valence-corrected chi connectivity index (χ4v) is 1.31. The van der Waals surface area contributed by atoms with Gasteiger partial charge in [0.15, 0.2) is 0 Å². The minimum absolute atomic E-state index is 0.0125. The molecule has 0 radical (unpaired) electrons. The largest absolute Gasteiger partial charge is 0.481 e. The van der Waals surface area contributed by atoms with E-state index in [0.717, 1.165) is 0 Å². The first kappa shape index (κ1) is 14.9. The Kier molecular flexibility index (Phi) is 6.01. The van der Waals surface area contributed by atoms with E-state index in [1.54, 1.807) is 0 Å². The highest BCUT2D eigenvalue weighted by molar-refractivity contribution is 6.40. The highest BCUT2D eigenvalue weighted by atomic mass is 16.4. The van der Waals surface area contributed by atoms with Gasteiger partial charge in [-0.05, 0) is 12.7 Å². The molecular formula is C8H16BNO6. The van der Waals surface area contributed by atoms with E-state index in [-0.39, 0.29) is 12.7 Å². The second kappa shape index (κ2) is 6.46. The number of carbonyl (C=O) groups is 2. The average molecular weight is 233 g/mol. The maximum absolute atomic E-state index is 10.8. The highest BCUT2D eigenvalue weighted by Crippen LogP contribution is 2.17. The molecule has 0 saturated carbocycles. The van der Waals surface area contributed by atoms with Crippen LogP contribution >= 0.6 is 0 Å². The van der Waals surface area contributed by atoms with Gasteiger partial charge in [-0.3, -0.25) is 9.59 Å². The lowest BCUT2D eigenvalue weighted by Crippen LogP contribution is -2.49. The molecule has 8 heteroatoms. The van der Waals surface area contributed by atoms with Crippen LogP contribution in [0.5, 0.6) is 0 Å². The van der Waals surface area contributed by atoms with Crippen LogP contribution in [0.2, 0.25) is 6.32 Å². The van der Waals surface area contributed by atoms with Crippen molar-refractivity contribution >= 4 is 19.1 Å². The van der Waals surface area contributed by atoms with Crippen LogP contribution in [0.15, 0.2) is 0 Å². The van der Waals surface area contributed by atoms with Crippen LogP contribution in [0.25, 0.3) is 0 Å². The Hall–Kier alpha value is -1.12. The molecule has 0 spiro atoms. The predicted molar refractivity (Wildman–Crippen MR) is 55.7 cm³/mol. The van der Waals surface area contributed by atoms with Crippen molar-refractivity contribution in [1.82, 2.24) is 0 Å². The van der Waals surface area contributed by atoms with Crippen LogP contribution in [0, 0.1) is 0 Å². The summed E-state index contributed by atoms with van der Waals surface area (Å²) in [6.45, 7) is 0. The Morgan fingerprint density at radius 1 is 1.19 bits per heavy atom. The minimum Gasteiger partial charge on any atom is -0.481 e. The van der Waals surface area contributed by atoms with Gasteiger partial charge in [0.2, 0.25) is 0 Å². The molecule has 0 aliphatic rings. The Morgan fingerprint density at radius 3 is 2.12 bits per heavy atom. The third kappa shape index (κ3) is 5.69. The second-order valence-corrected chi connectivity index (χ2v) is 3.76. The average Bonchev–Trinajstić information content (AvgIpc) is 2.10. The van der Waals surface area contributed by atoms with Gasteiger partial charge in [-0.1, -0.05) is 12.8 Å². The van der Waals surface area contributed by atoms with Crippen LogP contribution in [0.1, 0.15) is 25.7 Å². The van der Waals surface area contributed by atoms with E-state index in [1.807, 2.05) is 0 Å². The Bertz CT molecular complexity index is 259. The monoisotopic (exact) mass is 233 g/mol. The van der Waals surface area contributed by atoms with Gasteiger partial charge in [0.05, 0.1) is 6.42 Å². The molecule has 0 aromatic carbocycles. The van der Waals surface area contributed by atoms with Crippen molar-refractivity contribution in [1.29, 1.82) is 0 Å². The quantitative estimate of drug-likeness (QED) is 0.264. The molecule has 0 aromatic heterocycles. The Morgan fingerprint density at radius 2 is 1.75 bits per heavy atom. The van der Waals surface area contributed by atoms with E-state index in [1.165, 1.54) is 0 Å². The van der Waals surface area contributed by atoms with Crippen molar-refractivity contribution in [3.8, 4) is 0 Å². The van der Waals surface area contributed by atoms with E-state index in [2.05, 4.69) is 0 Å². The molecule has 1 atom stereocenters. The molecule has 0 bridgehead atoms. The number of rotatable bonds is 8. The third-order valence-corrected chi connectivity index (χ3v) is 2.23. The molecule has 0 amide bonds. The summed E-state index contributed by atoms with van der Waals surface area (Å²) < 4.78 is 0. The summed E-state index contributed by atoms with van der Waals surface area (Å²) in [6.07, 6.45) is 0.158. The number of nitrogens with two attached hydrogens (primary N) is 1. The van der Waals surface area contributed by atoms with Gasteiger partial charge in [0, 0.05) is 0 Å². The van der Waals surface area contributed by atoms with E-state index >= 15 is 0 Å². The van der Waals surface area contributed by atoms with Crippen molar-refractivity contribution in [2.45, 2.75) is 37.5 Å². The summed E-state index contributed by atoms with van der Waals surface area (Å²) in [4.78, 5) is 21.2. The first-order chi connectivity index (χ1) is 7.28. The zero-order valence-electron chi connectivity index (χ0n) is 8.80.